The highest BCUT2D eigenvalue weighted by Gasteiger charge is 2.14. The Kier molecular flexibility index (Phi) is 3.12. The van der Waals surface area contributed by atoms with Gasteiger partial charge in [-0.25, -0.2) is 0 Å². The monoisotopic (exact) mass is 144 g/mol. The zero-order valence-electron chi connectivity index (χ0n) is 6.51. The van der Waals surface area contributed by atoms with Crippen LogP contribution in [0.5, 0.6) is 0 Å². The van der Waals surface area contributed by atoms with Crippen molar-refractivity contribution in [3.63, 3.8) is 0 Å². The van der Waals surface area contributed by atoms with Crippen LogP contribution in [0.3, 0.4) is 0 Å². The molecule has 1 aliphatic heterocycles. The summed E-state index contributed by atoms with van der Waals surface area (Å²) < 4.78 is 0. The molecule has 3 nitrogen and oxygen atoms in total. The van der Waals surface area contributed by atoms with Crippen LogP contribution in [0.25, 0.3) is 0 Å². The largest absolute Gasteiger partial charge is 0.396 e. The average molecular weight is 144 g/mol. The first-order valence-corrected chi connectivity index (χ1v) is 3.85. The van der Waals surface area contributed by atoms with E-state index in [0.29, 0.717) is 12.6 Å². The van der Waals surface area contributed by atoms with E-state index in [1.165, 1.54) is 0 Å². The molecule has 0 aromatic rings. The van der Waals surface area contributed by atoms with Crippen LogP contribution in [0.1, 0.15) is 6.42 Å². The highest BCUT2D eigenvalue weighted by molar-refractivity contribution is 4.75. The Hall–Kier alpha value is -0.120. The number of hydrogen-bond donors (Lipinski definition) is 2. The van der Waals surface area contributed by atoms with Crippen molar-refractivity contribution in [2.75, 3.05) is 33.3 Å². The summed E-state index contributed by atoms with van der Waals surface area (Å²) in [6.07, 6.45) is 0.879. The van der Waals surface area contributed by atoms with Gasteiger partial charge in [0.25, 0.3) is 0 Å². The Morgan fingerprint density at radius 1 is 1.70 bits per heavy atom. The normalized spacial score (nSPS) is 28.8. The third-order valence-corrected chi connectivity index (χ3v) is 1.94. The maximum atomic E-state index is 8.65. The highest BCUT2D eigenvalue weighted by atomic mass is 16.3. The lowest BCUT2D eigenvalue weighted by molar-refractivity contribution is 0.198. The first-order chi connectivity index (χ1) is 4.83. The molecule has 0 aromatic carbocycles. The summed E-state index contributed by atoms with van der Waals surface area (Å²) in [5, 5.41) is 12.0. The summed E-state index contributed by atoms with van der Waals surface area (Å²) in [6.45, 7) is 3.55. The maximum Gasteiger partial charge on any atom is 0.0446 e. The minimum Gasteiger partial charge on any atom is -0.396 e. The number of likely N-dealkylation sites (N-methyl/N-ethyl adjacent to an activating group) is 1. The van der Waals surface area contributed by atoms with E-state index in [1.807, 2.05) is 0 Å². The quantitative estimate of drug-likeness (QED) is 0.536. The van der Waals surface area contributed by atoms with E-state index >= 15 is 0 Å². The summed E-state index contributed by atoms with van der Waals surface area (Å²) in [5.41, 5.74) is 0. The first kappa shape index (κ1) is 7.98. The number of nitrogens with one attached hydrogen (secondary N) is 1. The SMILES string of the molecule is CN1CCNC(CCO)C1. The molecule has 1 saturated heterocycles. The lowest BCUT2D eigenvalue weighted by atomic mass is 10.1. The topological polar surface area (TPSA) is 35.5 Å². The molecule has 10 heavy (non-hydrogen) atoms. The molecular weight excluding hydrogens is 128 g/mol. The molecule has 0 aliphatic carbocycles. The fraction of sp³-hybridized carbons (Fsp3) is 1.00. The van der Waals surface area contributed by atoms with Gasteiger partial charge in [-0.05, 0) is 13.5 Å². The lowest BCUT2D eigenvalue weighted by Crippen LogP contribution is -2.49. The highest BCUT2D eigenvalue weighted by Crippen LogP contribution is 1.98. The molecule has 1 atom stereocenters. The predicted molar refractivity (Wildman–Crippen MR) is 41.0 cm³/mol. The van der Waals surface area contributed by atoms with Gasteiger partial charge >= 0.3 is 0 Å². The molecule has 2 N–H and O–H groups in total. The van der Waals surface area contributed by atoms with Gasteiger partial charge in [0.05, 0.1) is 0 Å². The van der Waals surface area contributed by atoms with Crippen molar-refractivity contribution in [3.05, 3.63) is 0 Å². The van der Waals surface area contributed by atoms with Crippen molar-refractivity contribution >= 4 is 0 Å². The Morgan fingerprint density at radius 3 is 3.10 bits per heavy atom. The summed E-state index contributed by atoms with van der Waals surface area (Å²) in [4.78, 5) is 2.29. The van der Waals surface area contributed by atoms with Gasteiger partial charge in [-0.3, -0.25) is 0 Å². The Balaban J connectivity index is 2.18. The van der Waals surface area contributed by atoms with Gasteiger partial charge in [0.2, 0.25) is 0 Å². The molecule has 0 radical (unpaired) electrons. The minimum absolute atomic E-state index is 0.297. The molecule has 0 saturated carbocycles. The fourth-order valence-corrected chi connectivity index (χ4v) is 1.34. The van der Waals surface area contributed by atoms with E-state index in [9.17, 15) is 0 Å². The number of rotatable bonds is 2. The summed E-state index contributed by atoms with van der Waals surface area (Å²) in [6, 6.07) is 0.503. The third-order valence-electron chi connectivity index (χ3n) is 1.94. The van der Waals surface area contributed by atoms with E-state index in [2.05, 4.69) is 17.3 Å². The molecule has 0 spiro atoms. The van der Waals surface area contributed by atoms with Crippen LogP contribution in [-0.4, -0.2) is 49.3 Å². The van der Waals surface area contributed by atoms with Gasteiger partial charge in [0.1, 0.15) is 0 Å². The molecule has 0 bridgehead atoms. The van der Waals surface area contributed by atoms with Crippen molar-refractivity contribution in [1.82, 2.24) is 10.2 Å². The average Bonchev–Trinajstić information content (AvgIpc) is 1.88. The van der Waals surface area contributed by atoms with Gasteiger partial charge in [-0.1, -0.05) is 0 Å². The van der Waals surface area contributed by atoms with E-state index in [0.717, 1.165) is 26.1 Å². The number of piperazine rings is 1. The van der Waals surface area contributed by atoms with E-state index in [1.54, 1.807) is 0 Å². The van der Waals surface area contributed by atoms with Crippen LogP contribution in [-0.2, 0) is 0 Å². The molecule has 0 aromatic heterocycles. The fourth-order valence-electron chi connectivity index (χ4n) is 1.34. The number of aliphatic hydroxyl groups excluding tert-OH is 1. The molecule has 0 amide bonds. The Morgan fingerprint density at radius 2 is 2.50 bits per heavy atom. The smallest absolute Gasteiger partial charge is 0.0446 e. The zero-order valence-corrected chi connectivity index (χ0v) is 6.51. The molecule has 1 fully saturated rings. The predicted octanol–water partition coefficient (Wildman–Crippen LogP) is -0.728. The van der Waals surface area contributed by atoms with E-state index in [4.69, 9.17) is 5.11 Å². The molecule has 60 valence electrons. The van der Waals surface area contributed by atoms with Crippen LogP contribution in [0.2, 0.25) is 0 Å². The Bertz CT molecular complexity index is 95.6. The van der Waals surface area contributed by atoms with Crippen molar-refractivity contribution in [3.8, 4) is 0 Å². The lowest BCUT2D eigenvalue weighted by Gasteiger charge is -2.30. The Labute approximate surface area is 62.0 Å². The molecule has 1 heterocycles. The van der Waals surface area contributed by atoms with Crippen LogP contribution >= 0.6 is 0 Å². The van der Waals surface area contributed by atoms with Gasteiger partial charge in [-0.2, -0.15) is 0 Å². The second kappa shape index (κ2) is 3.91. The summed E-state index contributed by atoms with van der Waals surface area (Å²) >= 11 is 0. The molecule has 1 rings (SSSR count). The van der Waals surface area contributed by atoms with E-state index < -0.39 is 0 Å². The molecule has 1 unspecified atom stereocenters. The minimum atomic E-state index is 0.297. The zero-order chi connectivity index (χ0) is 7.40. The standard InChI is InChI=1S/C7H16N2O/c1-9-4-3-8-7(6-9)2-5-10/h7-8,10H,2-6H2,1H3. The van der Waals surface area contributed by atoms with Gasteiger partial charge in [0, 0.05) is 32.3 Å². The molecule has 1 aliphatic rings. The van der Waals surface area contributed by atoms with Gasteiger partial charge in [0.15, 0.2) is 0 Å². The second-order valence-electron chi connectivity index (χ2n) is 2.93. The third kappa shape index (κ3) is 2.25. The van der Waals surface area contributed by atoms with Crippen LogP contribution in [0.4, 0.5) is 0 Å². The number of nitrogens with zero attached hydrogens (tertiary/aromatic N) is 1. The second-order valence-corrected chi connectivity index (χ2v) is 2.93. The van der Waals surface area contributed by atoms with Crippen molar-refractivity contribution < 1.29 is 5.11 Å². The number of aliphatic hydroxyl groups is 1. The summed E-state index contributed by atoms with van der Waals surface area (Å²) in [5.74, 6) is 0. The van der Waals surface area contributed by atoms with Gasteiger partial charge in [-0.15, -0.1) is 0 Å². The van der Waals surface area contributed by atoms with Crippen molar-refractivity contribution in [2.24, 2.45) is 0 Å². The van der Waals surface area contributed by atoms with Crippen LogP contribution in [0.15, 0.2) is 0 Å². The van der Waals surface area contributed by atoms with Crippen molar-refractivity contribution in [1.29, 1.82) is 0 Å². The maximum absolute atomic E-state index is 8.65. The van der Waals surface area contributed by atoms with Crippen molar-refractivity contribution in [2.45, 2.75) is 12.5 Å². The van der Waals surface area contributed by atoms with Gasteiger partial charge < -0.3 is 15.3 Å². The number of hydrogen-bond acceptors (Lipinski definition) is 3. The first-order valence-electron chi connectivity index (χ1n) is 3.85. The molecule has 3 heteroatoms. The van der Waals surface area contributed by atoms with E-state index in [-0.39, 0.29) is 0 Å². The summed E-state index contributed by atoms with van der Waals surface area (Å²) in [7, 11) is 2.12. The molecular formula is C7H16N2O. The van der Waals surface area contributed by atoms with Crippen LogP contribution in [0, 0.1) is 0 Å². The van der Waals surface area contributed by atoms with Crippen LogP contribution < -0.4 is 5.32 Å².